The second-order valence-corrected chi connectivity index (χ2v) is 3.69. The van der Waals surface area contributed by atoms with Gasteiger partial charge in [0.25, 0.3) is 0 Å². The minimum Gasteiger partial charge on any atom is -0.476 e. The van der Waals surface area contributed by atoms with Crippen LogP contribution in [0.2, 0.25) is 0 Å². The molecule has 0 saturated carbocycles. The molecule has 0 aromatic rings. The molecule has 0 aliphatic carbocycles. The number of nitrogens with one attached hydrogen (secondary N) is 1. The third kappa shape index (κ3) is 4.18. The van der Waals surface area contributed by atoms with Crippen molar-refractivity contribution in [3.63, 3.8) is 0 Å². The van der Waals surface area contributed by atoms with Gasteiger partial charge in [-0.2, -0.15) is 0 Å². The van der Waals surface area contributed by atoms with Crippen LogP contribution in [0.25, 0.3) is 0 Å². The van der Waals surface area contributed by atoms with E-state index in [1.165, 1.54) is 17.5 Å². The van der Waals surface area contributed by atoms with Gasteiger partial charge in [0, 0.05) is 12.4 Å². The Kier molecular flexibility index (Phi) is 5.15. The molecule has 0 aromatic heterocycles. The van der Waals surface area contributed by atoms with E-state index in [0.29, 0.717) is 6.61 Å². The average Bonchev–Trinajstić information content (AvgIpc) is 2.29. The highest BCUT2D eigenvalue weighted by molar-refractivity contribution is 5.46. The fourth-order valence-corrected chi connectivity index (χ4v) is 1.08. The van der Waals surface area contributed by atoms with Gasteiger partial charge in [0.15, 0.2) is 6.40 Å². The fourth-order valence-electron chi connectivity index (χ4n) is 1.08. The molecule has 16 heavy (non-hydrogen) atoms. The van der Waals surface area contributed by atoms with Crippen LogP contribution in [-0.4, -0.2) is 38.7 Å². The molecule has 0 spiro atoms. The largest absolute Gasteiger partial charge is 0.476 e. The van der Waals surface area contributed by atoms with E-state index in [4.69, 9.17) is 10.5 Å². The smallest absolute Gasteiger partial charge is 0.193 e. The molecular formula is C11H19N4O+. The first-order chi connectivity index (χ1) is 7.74. The molecule has 1 heterocycles. The zero-order chi connectivity index (χ0) is 11.8. The summed E-state index contributed by atoms with van der Waals surface area (Å²) in [6, 6.07) is 0. The third-order valence-electron chi connectivity index (χ3n) is 2.01. The van der Waals surface area contributed by atoms with Crippen molar-refractivity contribution >= 4 is 6.40 Å². The molecule has 5 heteroatoms. The van der Waals surface area contributed by atoms with E-state index in [1.54, 1.807) is 5.01 Å². The summed E-state index contributed by atoms with van der Waals surface area (Å²) in [5.41, 5.74) is 6.28. The van der Waals surface area contributed by atoms with Gasteiger partial charge < -0.3 is 15.4 Å². The normalized spacial score (nSPS) is 17.9. The molecular weight excluding hydrogens is 204 g/mol. The predicted molar refractivity (Wildman–Crippen MR) is 64.5 cm³/mol. The van der Waals surface area contributed by atoms with Gasteiger partial charge in [-0.05, 0) is 12.2 Å². The van der Waals surface area contributed by atoms with Crippen LogP contribution in [0.5, 0.6) is 0 Å². The number of hydrogen-bond acceptors (Lipinski definition) is 4. The molecule has 0 fully saturated rings. The number of quaternary nitrogens is 1. The molecule has 0 aromatic carbocycles. The van der Waals surface area contributed by atoms with Crippen LogP contribution < -0.4 is 10.6 Å². The van der Waals surface area contributed by atoms with Crippen molar-refractivity contribution in [2.75, 3.05) is 27.2 Å². The number of allylic oxidation sites excluding steroid dienone is 3. The maximum Gasteiger partial charge on any atom is 0.193 e. The van der Waals surface area contributed by atoms with Crippen LogP contribution in [0.4, 0.5) is 0 Å². The van der Waals surface area contributed by atoms with Gasteiger partial charge in [0.1, 0.15) is 13.2 Å². The molecule has 3 N–H and O–H groups in total. The highest BCUT2D eigenvalue weighted by atomic mass is 16.5. The Bertz CT molecular complexity index is 318. The SMILES string of the molecule is C[NH+](C)CCO/C=N/N1C=CC=C/C1=C\N. The van der Waals surface area contributed by atoms with E-state index in [0.717, 1.165) is 12.2 Å². The summed E-state index contributed by atoms with van der Waals surface area (Å²) < 4.78 is 5.26. The number of nitrogens with zero attached hydrogens (tertiary/aromatic N) is 2. The molecule has 0 unspecified atom stereocenters. The first-order valence-electron chi connectivity index (χ1n) is 5.23. The molecule has 0 saturated heterocycles. The van der Waals surface area contributed by atoms with Crippen LogP contribution >= 0.6 is 0 Å². The topological polar surface area (TPSA) is 55.3 Å². The predicted octanol–water partition coefficient (Wildman–Crippen LogP) is -0.724. The standard InChI is InChI=1S/C11H18N4O/c1-14(2)7-8-16-10-13-15-6-4-3-5-11(15)9-12/h3-6,9-10H,7-8,12H2,1-2H3/p+1/b11-9+,13-10+. The van der Waals surface area contributed by atoms with Crippen LogP contribution in [0.3, 0.4) is 0 Å². The Hall–Kier alpha value is -1.75. The number of ether oxygens (including phenoxy) is 1. The Morgan fingerprint density at radius 1 is 1.50 bits per heavy atom. The lowest BCUT2D eigenvalue weighted by molar-refractivity contribution is -0.858. The summed E-state index contributed by atoms with van der Waals surface area (Å²) in [6.07, 6.45) is 10.4. The van der Waals surface area contributed by atoms with Crippen LogP contribution in [-0.2, 0) is 4.74 Å². The monoisotopic (exact) mass is 223 g/mol. The number of hydrazone groups is 1. The minimum absolute atomic E-state index is 0.654. The first-order valence-corrected chi connectivity index (χ1v) is 5.23. The van der Waals surface area contributed by atoms with E-state index in [9.17, 15) is 0 Å². The molecule has 88 valence electrons. The van der Waals surface area contributed by atoms with Crippen molar-refractivity contribution in [2.45, 2.75) is 0 Å². The lowest BCUT2D eigenvalue weighted by Crippen LogP contribution is -3.06. The van der Waals surface area contributed by atoms with Gasteiger partial charge in [-0.3, -0.25) is 0 Å². The van der Waals surface area contributed by atoms with Gasteiger partial charge in [0.05, 0.1) is 19.8 Å². The Balaban J connectivity index is 2.33. The van der Waals surface area contributed by atoms with Crippen molar-refractivity contribution in [3.05, 3.63) is 36.3 Å². The maximum atomic E-state index is 5.46. The molecule has 1 aliphatic rings. The number of nitrogens with two attached hydrogens (primary N) is 1. The molecule has 5 nitrogen and oxygen atoms in total. The van der Waals surface area contributed by atoms with Crippen molar-refractivity contribution in [3.8, 4) is 0 Å². The second-order valence-electron chi connectivity index (χ2n) is 3.69. The highest BCUT2D eigenvalue weighted by Gasteiger charge is 2.02. The van der Waals surface area contributed by atoms with E-state index in [-0.39, 0.29) is 0 Å². The van der Waals surface area contributed by atoms with E-state index in [1.807, 2.05) is 24.4 Å². The number of likely N-dealkylation sites (N-methyl/N-ethyl adjacent to an activating group) is 1. The Morgan fingerprint density at radius 3 is 3.00 bits per heavy atom. The highest BCUT2D eigenvalue weighted by Crippen LogP contribution is 2.10. The van der Waals surface area contributed by atoms with Gasteiger partial charge in [-0.15, -0.1) is 5.10 Å². The summed E-state index contributed by atoms with van der Waals surface area (Å²) in [6.45, 7) is 1.60. The van der Waals surface area contributed by atoms with Crippen molar-refractivity contribution in [1.82, 2.24) is 5.01 Å². The van der Waals surface area contributed by atoms with Crippen LogP contribution in [0.1, 0.15) is 0 Å². The van der Waals surface area contributed by atoms with Crippen molar-refractivity contribution in [2.24, 2.45) is 10.8 Å². The number of hydrogen-bond donors (Lipinski definition) is 2. The average molecular weight is 223 g/mol. The first kappa shape index (κ1) is 12.3. The number of rotatable bonds is 5. The van der Waals surface area contributed by atoms with Gasteiger partial charge >= 0.3 is 0 Å². The third-order valence-corrected chi connectivity index (χ3v) is 2.01. The summed E-state index contributed by atoms with van der Waals surface area (Å²) in [5.74, 6) is 0. The summed E-state index contributed by atoms with van der Waals surface area (Å²) in [5, 5.41) is 5.78. The maximum absolute atomic E-state index is 5.46. The molecule has 1 rings (SSSR count). The van der Waals surface area contributed by atoms with Crippen LogP contribution in [0, 0.1) is 0 Å². The lowest BCUT2D eigenvalue weighted by Gasteiger charge is -2.16. The van der Waals surface area contributed by atoms with E-state index in [2.05, 4.69) is 19.2 Å². The van der Waals surface area contributed by atoms with E-state index >= 15 is 0 Å². The van der Waals surface area contributed by atoms with Gasteiger partial charge in [0.2, 0.25) is 0 Å². The van der Waals surface area contributed by atoms with Crippen molar-refractivity contribution in [1.29, 1.82) is 0 Å². The summed E-state index contributed by atoms with van der Waals surface area (Å²) >= 11 is 0. The zero-order valence-corrected chi connectivity index (χ0v) is 9.76. The van der Waals surface area contributed by atoms with Crippen molar-refractivity contribution < 1.29 is 9.64 Å². The zero-order valence-electron chi connectivity index (χ0n) is 9.76. The van der Waals surface area contributed by atoms with E-state index < -0.39 is 0 Å². The van der Waals surface area contributed by atoms with Gasteiger partial charge in [-0.25, -0.2) is 5.01 Å². The van der Waals surface area contributed by atoms with Crippen LogP contribution in [0.15, 0.2) is 41.4 Å². The fraction of sp³-hybridized carbons (Fsp3) is 0.364. The molecule has 0 radical (unpaired) electrons. The summed E-state index contributed by atoms with van der Waals surface area (Å²) in [7, 11) is 4.15. The summed E-state index contributed by atoms with van der Waals surface area (Å²) in [4.78, 5) is 1.34. The molecule has 0 amide bonds. The lowest BCUT2D eigenvalue weighted by atomic mass is 10.3. The molecule has 0 atom stereocenters. The minimum atomic E-state index is 0.654. The molecule has 1 aliphatic heterocycles. The quantitative estimate of drug-likeness (QED) is 0.367. The Morgan fingerprint density at radius 2 is 2.31 bits per heavy atom. The van der Waals surface area contributed by atoms with Gasteiger partial charge in [-0.1, -0.05) is 6.08 Å². The molecule has 0 bridgehead atoms. The second kappa shape index (κ2) is 6.68. The Labute approximate surface area is 96.2 Å².